The van der Waals surface area contributed by atoms with Gasteiger partial charge in [0.1, 0.15) is 11.6 Å². The van der Waals surface area contributed by atoms with Crippen molar-refractivity contribution >= 4 is 5.91 Å². The number of benzene rings is 2. The van der Waals surface area contributed by atoms with Crippen molar-refractivity contribution in [3.63, 3.8) is 0 Å². The van der Waals surface area contributed by atoms with E-state index in [1.807, 2.05) is 55.5 Å². The molecular formula is C23H26N4O. The average Bonchev–Trinajstić information content (AvgIpc) is 2.73. The van der Waals surface area contributed by atoms with Crippen LogP contribution in [0.2, 0.25) is 0 Å². The topological polar surface area (TPSA) is 59.4 Å². The summed E-state index contributed by atoms with van der Waals surface area (Å²) in [6.45, 7) is 6.45. The monoisotopic (exact) mass is 374 g/mol. The Labute approximate surface area is 166 Å². The van der Waals surface area contributed by atoms with Gasteiger partial charge >= 0.3 is 0 Å². The molecule has 0 aliphatic carbocycles. The molecule has 2 aromatic carbocycles. The van der Waals surface area contributed by atoms with Gasteiger partial charge in [0.2, 0.25) is 0 Å². The molecule has 5 nitrogen and oxygen atoms in total. The normalized spacial score (nSPS) is 15.1. The van der Waals surface area contributed by atoms with Crippen LogP contribution in [0.25, 0.3) is 0 Å². The lowest BCUT2D eigenvalue weighted by molar-refractivity contribution is -0.128. The van der Waals surface area contributed by atoms with E-state index < -0.39 is 0 Å². The highest BCUT2D eigenvalue weighted by Crippen LogP contribution is 2.11. The van der Waals surface area contributed by atoms with Crippen molar-refractivity contribution in [1.82, 2.24) is 15.1 Å². The minimum absolute atomic E-state index is 0.157. The molecule has 5 heteroatoms. The first-order valence-corrected chi connectivity index (χ1v) is 9.61. The van der Waals surface area contributed by atoms with Crippen LogP contribution in [-0.4, -0.2) is 41.9 Å². The lowest BCUT2D eigenvalue weighted by Crippen LogP contribution is -2.48. The van der Waals surface area contributed by atoms with Crippen LogP contribution in [0.15, 0.2) is 66.4 Å². The van der Waals surface area contributed by atoms with Crippen LogP contribution in [-0.2, 0) is 17.9 Å². The van der Waals surface area contributed by atoms with Crippen LogP contribution in [0.4, 0.5) is 0 Å². The second-order valence-electron chi connectivity index (χ2n) is 7.03. The maximum absolute atomic E-state index is 12.7. The average molecular weight is 374 g/mol. The third kappa shape index (κ3) is 5.21. The van der Waals surface area contributed by atoms with Crippen LogP contribution in [0.3, 0.4) is 0 Å². The fourth-order valence-corrected chi connectivity index (χ4v) is 3.33. The molecule has 0 saturated carbocycles. The molecule has 0 atom stereocenters. The Hall–Kier alpha value is -3.10. The fraction of sp³-hybridized carbons (Fsp3) is 0.304. The quantitative estimate of drug-likeness (QED) is 0.624. The molecule has 1 heterocycles. The lowest BCUT2D eigenvalue weighted by Gasteiger charge is -2.34. The van der Waals surface area contributed by atoms with Crippen molar-refractivity contribution in [2.75, 3.05) is 26.2 Å². The van der Waals surface area contributed by atoms with Gasteiger partial charge in [-0.25, -0.2) is 0 Å². The summed E-state index contributed by atoms with van der Waals surface area (Å²) in [5.74, 6) is -0.195. The van der Waals surface area contributed by atoms with E-state index in [1.54, 1.807) is 11.1 Å². The Bertz CT molecular complexity index is 862. The maximum Gasteiger partial charge on any atom is 0.266 e. The van der Waals surface area contributed by atoms with Crippen molar-refractivity contribution in [2.45, 2.75) is 20.0 Å². The zero-order valence-electron chi connectivity index (χ0n) is 16.3. The van der Waals surface area contributed by atoms with Crippen molar-refractivity contribution in [3.05, 3.63) is 83.1 Å². The van der Waals surface area contributed by atoms with E-state index >= 15 is 0 Å². The summed E-state index contributed by atoms with van der Waals surface area (Å²) in [4.78, 5) is 16.8. The number of hydrogen-bond donors (Lipinski definition) is 1. The Morgan fingerprint density at radius 2 is 1.75 bits per heavy atom. The number of rotatable bonds is 6. The predicted octanol–water partition coefficient (Wildman–Crippen LogP) is 2.84. The minimum atomic E-state index is -0.195. The summed E-state index contributed by atoms with van der Waals surface area (Å²) in [5, 5.41) is 12.5. The van der Waals surface area contributed by atoms with Crippen LogP contribution in [0.5, 0.6) is 0 Å². The largest absolute Gasteiger partial charge is 0.386 e. The smallest absolute Gasteiger partial charge is 0.266 e. The Morgan fingerprint density at radius 3 is 2.43 bits per heavy atom. The number of carbonyl (C=O) groups is 1. The van der Waals surface area contributed by atoms with Gasteiger partial charge in [-0.15, -0.1) is 0 Å². The highest BCUT2D eigenvalue weighted by Gasteiger charge is 2.23. The summed E-state index contributed by atoms with van der Waals surface area (Å²) < 4.78 is 0. The predicted molar refractivity (Wildman–Crippen MR) is 110 cm³/mol. The van der Waals surface area contributed by atoms with Crippen molar-refractivity contribution in [1.29, 1.82) is 5.26 Å². The molecule has 2 aromatic rings. The minimum Gasteiger partial charge on any atom is -0.386 e. The van der Waals surface area contributed by atoms with Gasteiger partial charge in [0, 0.05) is 45.5 Å². The molecule has 1 aliphatic rings. The molecule has 0 aromatic heterocycles. The van der Waals surface area contributed by atoms with Crippen LogP contribution >= 0.6 is 0 Å². The van der Waals surface area contributed by atoms with Gasteiger partial charge in [-0.3, -0.25) is 9.69 Å². The first-order chi connectivity index (χ1) is 13.7. The van der Waals surface area contributed by atoms with E-state index in [0.717, 1.165) is 25.2 Å². The molecule has 28 heavy (non-hydrogen) atoms. The maximum atomic E-state index is 12.7. The van der Waals surface area contributed by atoms with Gasteiger partial charge in [-0.05, 0) is 23.6 Å². The van der Waals surface area contributed by atoms with E-state index in [9.17, 15) is 10.1 Å². The Morgan fingerprint density at radius 1 is 1.07 bits per heavy atom. The van der Waals surface area contributed by atoms with Gasteiger partial charge in [0.05, 0.1) is 0 Å². The Balaban J connectivity index is 1.51. The van der Waals surface area contributed by atoms with Gasteiger partial charge in [0.15, 0.2) is 0 Å². The van der Waals surface area contributed by atoms with Gasteiger partial charge in [-0.2, -0.15) is 5.26 Å². The third-order valence-corrected chi connectivity index (χ3v) is 5.06. The number of nitrogens with one attached hydrogen (secondary N) is 1. The molecule has 1 N–H and O–H groups in total. The van der Waals surface area contributed by atoms with Crippen LogP contribution in [0.1, 0.15) is 16.7 Å². The molecule has 1 saturated heterocycles. The third-order valence-electron chi connectivity index (χ3n) is 5.06. The molecule has 0 bridgehead atoms. The summed E-state index contributed by atoms with van der Waals surface area (Å²) in [6.07, 6.45) is 1.55. The number of aryl methyl sites for hydroxylation is 1. The van der Waals surface area contributed by atoms with E-state index in [0.29, 0.717) is 19.6 Å². The number of nitriles is 1. The standard InChI is InChI=1S/C23H26N4O/c1-19-7-5-6-10-21(19)16-25-17-22(15-24)23(28)27-13-11-26(12-14-27)18-20-8-3-2-4-9-20/h2-10,17,25H,11-14,16,18H2,1H3/b22-17-. The number of nitrogens with zero attached hydrogens (tertiary/aromatic N) is 3. The second kappa shape index (κ2) is 9.72. The van der Waals surface area contributed by atoms with Gasteiger partial charge in [0.25, 0.3) is 5.91 Å². The van der Waals surface area contributed by atoms with Crippen molar-refractivity contribution in [3.8, 4) is 6.07 Å². The lowest BCUT2D eigenvalue weighted by atomic mass is 10.1. The number of piperazine rings is 1. The van der Waals surface area contributed by atoms with Gasteiger partial charge in [-0.1, -0.05) is 54.6 Å². The molecular weight excluding hydrogens is 348 g/mol. The van der Waals surface area contributed by atoms with Crippen molar-refractivity contribution < 1.29 is 4.79 Å². The molecule has 1 amide bonds. The zero-order chi connectivity index (χ0) is 19.8. The summed E-state index contributed by atoms with van der Waals surface area (Å²) in [6, 6.07) is 20.5. The van der Waals surface area contributed by atoms with E-state index in [4.69, 9.17) is 0 Å². The molecule has 1 fully saturated rings. The molecule has 0 radical (unpaired) electrons. The second-order valence-corrected chi connectivity index (χ2v) is 7.03. The Kier molecular flexibility index (Phi) is 6.83. The van der Waals surface area contributed by atoms with E-state index in [2.05, 4.69) is 22.3 Å². The molecule has 144 valence electrons. The highest BCUT2D eigenvalue weighted by molar-refractivity contribution is 5.97. The van der Waals surface area contributed by atoms with E-state index in [1.165, 1.54) is 11.1 Å². The first kappa shape index (κ1) is 19.7. The molecule has 0 unspecified atom stereocenters. The number of carbonyl (C=O) groups excluding carboxylic acids is 1. The molecule has 3 rings (SSSR count). The van der Waals surface area contributed by atoms with E-state index in [-0.39, 0.29) is 11.5 Å². The first-order valence-electron chi connectivity index (χ1n) is 9.61. The van der Waals surface area contributed by atoms with Crippen LogP contribution < -0.4 is 5.32 Å². The zero-order valence-corrected chi connectivity index (χ0v) is 16.3. The summed E-state index contributed by atoms with van der Waals surface area (Å²) in [7, 11) is 0. The number of amides is 1. The summed E-state index contributed by atoms with van der Waals surface area (Å²) >= 11 is 0. The van der Waals surface area contributed by atoms with Crippen LogP contribution in [0, 0.1) is 18.3 Å². The SMILES string of the molecule is Cc1ccccc1CN/C=C(/C#N)C(=O)N1CCN(Cc2ccccc2)CC1. The molecule has 1 aliphatic heterocycles. The fourth-order valence-electron chi connectivity index (χ4n) is 3.33. The molecule has 0 spiro atoms. The number of hydrogen-bond acceptors (Lipinski definition) is 4. The summed E-state index contributed by atoms with van der Waals surface area (Å²) in [5.41, 5.74) is 3.77. The van der Waals surface area contributed by atoms with Crippen molar-refractivity contribution in [2.24, 2.45) is 0 Å². The highest BCUT2D eigenvalue weighted by atomic mass is 16.2. The van der Waals surface area contributed by atoms with Gasteiger partial charge < -0.3 is 10.2 Å².